The summed E-state index contributed by atoms with van der Waals surface area (Å²) in [6, 6.07) is 10.0. The Morgan fingerprint density at radius 3 is 2.18 bits per heavy atom. The molecule has 0 radical (unpaired) electrons. The van der Waals surface area contributed by atoms with E-state index in [0.717, 1.165) is 24.5 Å². The molecule has 0 bridgehead atoms. The van der Waals surface area contributed by atoms with Gasteiger partial charge in [0, 0.05) is 36.2 Å². The number of alkyl halides is 3. The molecule has 1 aliphatic rings. The molecule has 34 heavy (non-hydrogen) atoms. The van der Waals surface area contributed by atoms with E-state index in [-0.39, 0.29) is 5.39 Å². The third-order valence-electron chi connectivity index (χ3n) is 5.05. The van der Waals surface area contributed by atoms with Crippen LogP contribution in [-0.2, 0) is 10.1 Å². The largest absolute Gasteiger partial charge is 0.534 e. The average molecular weight is 504 g/mol. The zero-order chi connectivity index (χ0) is 25.3. The van der Waals surface area contributed by atoms with E-state index in [1.165, 1.54) is 24.3 Å². The van der Waals surface area contributed by atoms with Crippen molar-refractivity contribution >= 4 is 20.9 Å². The van der Waals surface area contributed by atoms with Crippen LogP contribution in [-0.4, -0.2) is 20.5 Å². The van der Waals surface area contributed by atoms with Crippen molar-refractivity contribution in [2.24, 2.45) is 5.92 Å². The Morgan fingerprint density at radius 1 is 1.00 bits per heavy atom. The van der Waals surface area contributed by atoms with Crippen LogP contribution >= 0.6 is 0 Å². The summed E-state index contributed by atoms with van der Waals surface area (Å²) in [4.78, 5) is 0.688. The number of hydrogen-bond donors (Lipinski definition) is 0. The van der Waals surface area contributed by atoms with Gasteiger partial charge in [-0.2, -0.15) is 21.6 Å². The highest BCUT2D eigenvalue weighted by atomic mass is 32.2. The van der Waals surface area contributed by atoms with Crippen molar-refractivity contribution in [2.75, 3.05) is 6.61 Å². The van der Waals surface area contributed by atoms with E-state index in [0.29, 0.717) is 39.8 Å². The van der Waals surface area contributed by atoms with Gasteiger partial charge in [0.1, 0.15) is 5.75 Å². The predicted molar refractivity (Wildman–Crippen MR) is 115 cm³/mol. The second kappa shape index (κ2) is 9.73. The second-order valence-corrected chi connectivity index (χ2v) is 9.63. The first-order valence-electron chi connectivity index (χ1n) is 10.3. The fraction of sp³-hybridized carbons (Fsp3) is 0.348. The quantitative estimate of drug-likeness (QED) is 0.257. The van der Waals surface area contributed by atoms with Gasteiger partial charge in [0.2, 0.25) is 11.4 Å². The Bertz CT molecular complexity index is 1280. The summed E-state index contributed by atoms with van der Waals surface area (Å²) in [5.74, 6) is -1.16. The Kier molecular flexibility index (Phi) is 7.35. The van der Waals surface area contributed by atoms with Crippen LogP contribution in [0.4, 0.5) is 22.0 Å². The van der Waals surface area contributed by atoms with E-state index in [9.17, 15) is 30.5 Å². The summed E-state index contributed by atoms with van der Waals surface area (Å²) in [7, 11) is -5.93. The van der Waals surface area contributed by atoms with Gasteiger partial charge >= 0.3 is 15.6 Å². The molecule has 1 saturated carbocycles. The Balaban J connectivity index is 0.000000271. The Hall–Kier alpha value is -2.95. The average Bonchev–Trinajstić information content (AvgIpc) is 3.56. The van der Waals surface area contributed by atoms with E-state index in [1.54, 1.807) is 13.8 Å². The van der Waals surface area contributed by atoms with E-state index < -0.39 is 27.2 Å². The molecule has 11 heteroatoms. The summed E-state index contributed by atoms with van der Waals surface area (Å²) in [6.07, 6.45) is 2.22. The fourth-order valence-corrected chi connectivity index (χ4v) is 3.62. The standard InChI is InChI=1S/C15H12F4O4S.C8H11FN/c16-14-12-5-4-11(22-8-9-1-2-9)7-10(12)3-6-13(14)23-24(20,21)15(17,18)19;1-6-4-7(2)10(9)8(3)5-6/h3-7,9H,1-2,8H2;4-5H,1-3H3/q;+1. The zero-order valence-corrected chi connectivity index (χ0v) is 19.4. The monoisotopic (exact) mass is 504 g/mol. The molecule has 0 saturated heterocycles. The summed E-state index contributed by atoms with van der Waals surface area (Å²) in [6.45, 7) is 6.01. The molecule has 0 amide bonds. The predicted octanol–water partition coefficient (Wildman–Crippen LogP) is 5.63. The molecule has 1 aliphatic carbocycles. The van der Waals surface area contributed by atoms with Crippen LogP contribution in [0.25, 0.3) is 10.8 Å². The minimum absolute atomic E-state index is 0.0661. The molecule has 1 heterocycles. The molecular weight excluding hydrogens is 481 g/mol. The van der Waals surface area contributed by atoms with Crippen LogP contribution in [0.3, 0.4) is 0 Å². The second-order valence-electron chi connectivity index (χ2n) is 8.09. The van der Waals surface area contributed by atoms with Gasteiger partial charge in [-0.3, -0.25) is 0 Å². The topological polar surface area (TPSA) is 56.5 Å². The molecular formula is C23H23F5NO4S+. The maximum absolute atomic E-state index is 14.2. The smallest absolute Gasteiger partial charge is 0.493 e. The van der Waals surface area contributed by atoms with E-state index in [1.807, 2.05) is 19.1 Å². The number of halogens is 5. The molecule has 0 unspecified atom stereocenters. The highest BCUT2D eigenvalue weighted by Gasteiger charge is 2.49. The molecule has 4 rings (SSSR count). The van der Waals surface area contributed by atoms with Gasteiger partial charge in [0.15, 0.2) is 11.6 Å². The van der Waals surface area contributed by atoms with Crippen LogP contribution < -0.4 is 13.7 Å². The van der Waals surface area contributed by atoms with E-state index in [2.05, 4.69) is 4.18 Å². The highest BCUT2D eigenvalue weighted by Crippen LogP contribution is 2.34. The summed E-state index contributed by atoms with van der Waals surface area (Å²) in [5, 5.41) is 0.293. The Labute approximate surface area is 193 Å². The first kappa shape index (κ1) is 25.7. The lowest BCUT2D eigenvalue weighted by molar-refractivity contribution is -0.852. The number of aryl methyl sites for hydroxylation is 3. The number of nitrogens with zero attached hydrogens (tertiary/aromatic N) is 1. The SMILES string of the molecule is Cc1cc(C)[n+](F)c(C)c1.O=S(=O)(Oc1ccc2cc(OCC3CC3)ccc2c1F)C(F)(F)F. The van der Waals surface area contributed by atoms with Gasteiger partial charge in [-0.15, -0.1) is 0 Å². The van der Waals surface area contributed by atoms with Gasteiger partial charge in [0.05, 0.1) is 11.1 Å². The molecule has 3 aromatic rings. The number of rotatable bonds is 5. The lowest BCUT2D eigenvalue weighted by Crippen LogP contribution is -2.30. The number of benzene rings is 2. The molecule has 0 N–H and O–H groups in total. The minimum Gasteiger partial charge on any atom is -0.493 e. The first-order chi connectivity index (χ1) is 15.8. The van der Waals surface area contributed by atoms with Crippen LogP contribution in [0.2, 0.25) is 0 Å². The number of ether oxygens (including phenoxy) is 1. The van der Waals surface area contributed by atoms with Crippen molar-refractivity contribution in [2.45, 2.75) is 39.1 Å². The van der Waals surface area contributed by atoms with Gasteiger partial charge < -0.3 is 8.92 Å². The van der Waals surface area contributed by atoms with Crippen molar-refractivity contribution in [3.63, 3.8) is 0 Å². The molecule has 5 nitrogen and oxygen atoms in total. The van der Waals surface area contributed by atoms with Gasteiger partial charge in [-0.25, -0.2) is 4.39 Å². The molecule has 184 valence electrons. The van der Waals surface area contributed by atoms with Crippen molar-refractivity contribution < 1.29 is 44.2 Å². The number of aromatic nitrogens is 1. The highest BCUT2D eigenvalue weighted by molar-refractivity contribution is 7.88. The summed E-state index contributed by atoms with van der Waals surface area (Å²) < 4.78 is 95.4. The van der Waals surface area contributed by atoms with Crippen molar-refractivity contribution in [1.82, 2.24) is 0 Å². The third kappa shape index (κ3) is 6.13. The van der Waals surface area contributed by atoms with Crippen LogP contribution in [0.5, 0.6) is 11.5 Å². The molecule has 1 aromatic heterocycles. The van der Waals surface area contributed by atoms with E-state index >= 15 is 0 Å². The molecule has 1 fully saturated rings. The molecule has 2 aromatic carbocycles. The molecule has 0 spiro atoms. The lowest BCUT2D eigenvalue weighted by Gasteiger charge is -2.12. The maximum Gasteiger partial charge on any atom is 0.534 e. The Morgan fingerprint density at radius 2 is 1.62 bits per heavy atom. The van der Waals surface area contributed by atoms with Crippen molar-refractivity contribution in [1.29, 1.82) is 0 Å². The lowest BCUT2D eigenvalue weighted by atomic mass is 10.1. The maximum atomic E-state index is 14.2. The van der Waals surface area contributed by atoms with Crippen molar-refractivity contribution in [3.05, 3.63) is 65.2 Å². The van der Waals surface area contributed by atoms with Crippen molar-refractivity contribution in [3.8, 4) is 11.5 Å². The van der Waals surface area contributed by atoms with Crippen LogP contribution in [0, 0.1) is 32.5 Å². The van der Waals surface area contributed by atoms with E-state index in [4.69, 9.17) is 4.74 Å². The number of fused-ring (bicyclic) bond motifs is 1. The fourth-order valence-electron chi connectivity index (χ4n) is 3.16. The first-order valence-corrected chi connectivity index (χ1v) is 11.7. The summed E-state index contributed by atoms with van der Waals surface area (Å²) in [5.41, 5.74) is -3.23. The van der Waals surface area contributed by atoms with Gasteiger partial charge in [-0.05, 0) is 60.9 Å². The van der Waals surface area contributed by atoms with Crippen LogP contribution in [0.15, 0.2) is 42.5 Å². The normalized spacial score (nSPS) is 13.9. The van der Waals surface area contributed by atoms with Crippen LogP contribution in [0.1, 0.15) is 29.8 Å². The number of hydrogen-bond acceptors (Lipinski definition) is 4. The molecule has 0 aliphatic heterocycles. The van der Waals surface area contributed by atoms with Gasteiger partial charge in [-0.1, -0.05) is 6.07 Å². The summed E-state index contributed by atoms with van der Waals surface area (Å²) >= 11 is 0. The zero-order valence-electron chi connectivity index (χ0n) is 18.6. The van der Waals surface area contributed by atoms with Gasteiger partial charge in [0.25, 0.3) is 0 Å². The molecule has 0 atom stereocenters. The third-order valence-corrected chi connectivity index (χ3v) is 6.01. The number of pyridine rings is 1. The minimum atomic E-state index is -5.93.